The molecule has 6 nitrogen and oxygen atoms in total. The van der Waals surface area contributed by atoms with Gasteiger partial charge in [-0.3, -0.25) is 0 Å². The number of aromatic nitrogens is 2. The quantitative estimate of drug-likeness (QED) is 0.845. The second kappa shape index (κ2) is 5.60. The molecule has 1 aromatic rings. The Balaban J connectivity index is 2.11. The molecular weight excluding hydrogens is 290 g/mol. The molecule has 0 saturated carbocycles. The number of piperidine rings is 1. The molecule has 0 N–H and O–H groups in total. The Hall–Kier alpha value is -0.920. The van der Waals surface area contributed by atoms with E-state index in [0.29, 0.717) is 24.8 Å². The van der Waals surface area contributed by atoms with Gasteiger partial charge in [-0.05, 0) is 19.8 Å². The average molecular weight is 306 g/mol. The van der Waals surface area contributed by atoms with Crippen LogP contribution in [0.3, 0.4) is 0 Å². The van der Waals surface area contributed by atoms with Crippen molar-refractivity contribution in [1.82, 2.24) is 14.4 Å². The maximum atomic E-state index is 12.1. The minimum Gasteiger partial charge on any atom is -0.339 e. The van der Waals surface area contributed by atoms with Gasteiger partial charge in [0.15, 0.2) is 5.82 Å². The van der Waals surface area contributed by atoms with E-state index in [4.69, 9.17) is 16.1 Å². The highest BCUT2D eigenvalue weighted by Gasteiger charge is 2.32. The summed E-state index contributed by atoms with van der Waals surface area (Å²) in [5.74, 6) is 0.781. The minimum absolute atomic E-state index is 0.0479. The van der Waals surface area contributed by atoms with Gasteiger partial charge in [-0.2, -0.15) is 4.98 Å². The Labute approximate surface area is 117 Å². The van der Waals surface area contributed by atoms with Crippen molar-refractivity contribution < 1.29 is 12.9 Å². The highest BCUT2D eigenvalue weighted by atomic mass is 35.5. The van der Waals surface area contributed by atoms with E-state index in [9.17, 15) is 8.42 Å². The number of rotatable bonds is 4. The van der Waals surface area contributed by atoms with E-state index < -0.39 is 10.0 Å². The van der Waals surface area contributed by atoms with Crippen LogP contribution in [0, 0.1) is 6.92 Å². The SMILES string of the molecule is C=C(Cl)CS(=O)(=O)N1CCCC(c2nc(C)no2)C1. The molecule has 1 fully saturated rings. The molecule has 2 heterocycles. The number of nitrogens with zero attached hydrogens (tertiary/aromatic N) is 3. The zero-order valence-corrected chi connectivity index (χ0v) is 12.2. The Morgan fingerprint density at radius 3 is 2.95 bits per heavy atom. The Morgan fingerprint density at radius 2 is 2.37 bits per heavy atom. The van der Waals surface area contributed by atoms with Gasteiger partial charge in [-0.25, -0.2) is 12.7 Å². The Morgan fingerprint density at radius 1 is 1.63 bits per heavy atom. The maximum absolute atomic E-state index is 12.1. The fraction of sp³-hybridized carbons (Fsp3) is 0.636. The van der Waals surface area contributed by atoms with Gasteiger partial charge in [0.1, 0.15) is 0 Å². The van der Waals surface area contributed by atoms with Crippen LogP contribution in [0.2, 0.25) is 0 Å². The molecule has 1 aliphatic rings. The van der Waals surface area contributed by atoms with Gasteiger partial charge in [0.05, 0.1) is 11.7 Å². The van der Waals surface area contributed by atoms with Crippen LogP contribution >= 0.6 is 11.6 Å². The number of hydrogen-bond acceptors (Lipinski definition) is 5. The number of aryl methyl sites for hydroxylation is 1. The third-order valence-corrected chi connectivity index (χ3v) is 5.13. The summed E-state index contributed by atoms with van der Waals surface area (Å²) < 4.78 is 30.7. The number of hydrogen-bond donors (Lipinski definition) is 0. The van der Waals surface area contributed by atoms with Crippen molar-refractivity contribution in [3.63, 3.8) is 0 Å². The molecule has 0 aliphatic carbocycles. The lowest BCUT2D eigenvalue weighted by Gasteiger charge is -2.30. The zero-order valence-electron chi connectivity index (χ0n) is 10.7. The van der Waals surface area contributed by atoms with Gasteiger partial charge in [0, 0.05) is 18.1 Å². The van der Waals surface area contributed by atoms with Crippen LogP contribution in [0.15, 0.2) is 16.1 Å². The summed E-state index contributed by atoms with van der Waals surface area (Å²) in [7, 11) is -3.40. The van der Waals surface area contributed by atoms with Gasteiger partial charge in [-0.1, -0.05) is 23.3 Å². The first-order chi connectivity index (χ1) is 8.88. The standard InChI is InChI=1S/C11H16ClN3O3S/c1-8(12)7-19(16,17)15-5-3-4-10(6-15)11-13-9(2)14-18-11/h10H,1,3-7H2,2H3. The third-order valence-electron chi connectivity index (χ3n) is 3.01. The van der Waals surface area contributed by atoms with Gasteiger partial charge >= 0.3 is 0 Å². The van der Waals surface area contributed by atoms with Crippen molar-refractivity contribution in [2.45, 2.75) is 25.7 Å². The van der Waals surface area contributed by atoms with Crippen LogP contribution in [-0.2, 0) is 10.0 Å². The van der Waals surface area contributed by atoms with Crippen molar-refractivity contribution >= 4 is 21.6 Å². The van der Waals surface area contributed by atoms with Crippen LogP contribution in [0.1, 0.15) is 30.5 Å². The molecule has 1 unspecified atom stereocenters. The fourth-order valence-corrected chi connectivity index (χ4v) is 3.97. The lowest BCUT2D eigenvalue weighted by molar-refractivity contribution is 0.265. The van der Waals surface area contributed by atoms with Gasteiger partial charge in [-0.15, -0.1) is 0 Å². The lowest BCUT2D eigenvalue weighted by Crippen LogP contribution is -2.40. The van der Waals surface area contributed by atoms with E-state index in [0.717, 1.165) is 12.8 Å². The first kappa shape index (κ1) is 14.5. The van der Waals surface area contributed by atoms with E-state index in [2.05, 4.69) is 16.7 Å². The van der Waals surface area contributed by atoms with Crippen LogP contribution in [0.4, 0.5) is 0 Å². The van der Waals surface area contributed by atoms with Crippen LogP contribution in [-0.4, -0.2) is 41.7 Å². The van der Waals surface area contributed by atoms with E-state index in [1.807, 2.05) is 0 Å². The smallest absolute Gasteiger partial charge is 0.231 e. The fourth-order valence-electron chi connectivity index (χ4n) is 2.16. The summed E-state index contributed by atoms with van der Waals surface area (Å²) in [4.78, 5) is 4.17. The molecule has 1 atom stereocenters. The predicted molar refractivity (Wildman–Crippen MR) is 71.4 cm³/mol. The summed E-state index contributed by atoms with van der Waals surface area (Å²) in [6.45, 7) is 6.02. The second-order valence-electron chi connectivity index (χ2n) is 4.65. The van der Waals surface area contributed by atoms with Gasteiger partial charge in [0.2, 0.25) is 15.9 Å². The van der Waals surface area contributed by atoms with Gasteiger partial charge < -0.3 is 4.52 Å². The minimum atomic E-state index is -3.40. The van der Waals surface area contributed by atoms with Crippen LogP contribution < -0.4 is 0 Å². The molecule has 2 rings (SSSR count). The van der Waals surface area contributed by atoms with Crippen molar-refractivity contribution in [3.8, 4) is 0 Å². The van der Waals surface area contributed by atoms with E-state index >= 15 is 0 Å². The summed E-state index contributed by atoms with van der Waals surface area (Å²) in [6.07, 6.45) is 1.61. The highest BCUT2D eigenvalue weighted by molar-refractivity contribution is 7.89. The normalized spacial score (nSPS) is 21.5. The molecule has 1 aliphatic heterocycles. The molecule has 1 saturated heterocycles. The second-order valence-corrected chi connectivity index (χ2v) is 7.15. The van der Waals surface area contributed by atoms with Crippen molar-refractivity contribution in [2.75, 3.05) is 18.8 Å². The Kier molecular flexibility index (Phi) is 4.27. The molecular formula is C11H16ClN3O3S. The molecule has 19 heavy (non-hydrogen) atoms. The molecule has 8 heteroatoms. The van der Waals surface area contributed by atoms with Crippen molar-refractivity contribution in [1.29, 1.82) is 0 Å². The van der Waals surface area contributed by atoms with Crippen LogP contribution in [0.25, 0.3) is 0 Å². The molecule has 0 radical (unpaired) electrons. The first-order valence-electron chi connectivity index (χ1n) is 6.00. The summed E-state index contributed by atoms with van der Waals surface area (Å²) >= 11 is 5.60. The van der Waals surface area contributed by atoms with E-state index in [1.165, 1.54) is 4.31 Å². The average Bonchev–Trinajstić information content (AvgIpc) is 2.74. The topological polar surface area (TPSA) is 76.3 Å². The maximum Gasteiger partial charge on any atom is 0.231 e. The van der Waals surface area contributed by atoms with Crippen LogP contribution in [0.5, 0.6) is 0 Å². The monoisotopic (exact) mass is 305 g/mol. The van der Waals surface area contributed by atoms with Gasteiger partial charge in [0.25, 0.3) is 0 Å². The number of sulfonamides is 1. The van der Waals surface area contributed by atoms with E-state index in [1.54, 1.807) is 6.92 Å². The molecule has 0 bridgehead atoms. The van der Waals surface area contributed by atoms with E-state index in [-0.39, 0.29) is 16.7 Å². The van der Waals surface area contributed by atoms with Crippen molar-refractivity contribution in [2.24, 2.45) is 0 Å². The summed E-state index contributed by atoms with van der Waals surface area (Å²) in [5, 5.41) is 3.86. The summed E-state index contributed by atoms with van der Waals surface area (Å²) in [6, 6.07) is 0. The molecule has 0 spiro atoms. The molecule has 0 aromatic carbocycles. The Bertz CT molecular complexity index is 569. The first-order valence-corrected chi connectivity index (χ1v) is 7.98. The third kappa shape index (κ3) is 3.55. The predicted octanol–water partition coefficient (Wildman–Crippen LogP) is 1.64. The lowest BCUT2D eigenvalue weighted by atomic mass is 10.00. The molecule has 1 aromatic heterocycles. The largest absolute Gasteiger partial charge is 0.339 e. The zero-order chi connectivity index (χ0) is 14.0. The summed E-state index contributed by atoms with van der Waals surface area (Å²) in [5.41, 5.74) is 0. The number of halogens is 1. The van der Waals surface area contributed by atoms with Crippen molar-refractivity contribution in [3.05, 3.63) is 23.3 Å². The molecule has 106 valence electrons. The molecule has 0 amide bonds. The highest BCUT2D eigenvalue weighted by Crippen LogP contribution is 2.27.